The average molecular weight is 321 g/mol. The molecule has 0 atom stereocenters. The van der Waals surface area contributed by atoms with E-state index in [0.29, 0.717) is 12.2 Å². The molecule has 0 radical (unpaired) electrons. The number of carbonyl (C=O) groups is 1. The molecule has 0 spiro atoms. The zero-order valence-corrected chi connectivity index (χ0v) is 13.7. The number of amides is 1. The lowest BCUT2D eigenvalue weighted by atomic mass is 10.2. The third-order valence-corrected chi connectivity index (χ3v) is 3.49. The first kappa shape index (κ1) is 17.1. The fourth-order valence-electron chi connectivity index (χ4n) is 2.16. The molecule has 0 fully saturated rings. The van der Waals surface area contributed by atoms with E-state index in [-0.39, 0.29) is 5.57 Å². The van der Waals surface area contributed by atoms with Crippen LogP contribution in [0.1, 0.15) is 11.1 Å². The Morgan fingerprint density at radius 3 is 2.62 bits per heavy atom. The topological polar surface area (TPSA) is 74.1 Å². The summed E-state index contributed by atoms with van der Waals surface area (Å²) in [7, 11) is 1.60. The molecule has 0 bridgehead atoms. The minimum Gasteiger partial charge on any atom is -0.496 e. The minimum atomic E-state index is -0.445. The average Bonchev–Trinajstić information content (AvgIpc) is 2.61. The van der Waals surface area contributed by atoms with Crippen LogP contribution in [0, 0.1) is 18.3 Å². The van der Waals surface area contributed by atoms with Gasteiger partial charge in [0.1, 0.15) is 17.4 Å². The van der Waals surface area contributed by atoms with Gasteiger partial charge < -0.3 is 15.4 Å². The van der Waals surface area contributed by atoms with Crippen molar-refractivity contribution in [2.45, 2.75) is 13.5 Å². The maximum atomic E-state index is 12.2. The molecule has 0 aliphatic heterocycles. The van der Waals surface area contributed by atoms with Crippen LogP contribution in [0.2, 0.25) is 0 Å². The van der Waals surface area contributed by atoms with Gasteiger partial charge in [-0.1, -0.05) is 36.4 Å². The van der Waals surface area contributed by atoms with E-state index in [9.17, 15) is 10.1 Å². The quantitative estimate of drug-likeness (QED) is 0.633. The van der Waals surface area contributed by atoms with Crippen molar-refractivity contribution in [1.29, 1.82) is 5.26 Å². The van der Waals surface area contributed by atoms with Crippen molar-refractivity contribution >= 4 is 11.6 Å². The molecule has 5 heteroatoms. The van der Waals surface area contributed by atoms with Gasteiger partial charge in [0.25, 0.3) is 5.91 Å². The number of rotatable bonds is 6. The predicted molar refractivity (Wildman–Crippen MR) is 93.3 cm³/mol. The van der Waals surface area contributed by atoms with Crippen molar-refractivity contribution in [3.05, 3.63) is 71.4 Å². The van der Waals surface area contributed by atoms with Gasteiger partial charge in [0.15, 0.2) is 0 Å². The highest BCUT2D eigenvalue weighted by atomic mass is 16.5. The molecular weight excluding hydrogens is 302 g/mol. The lowest BCUT2D eigenvalue weighted by Crippen LogP contribution is -2.17. The maximum absolute atomic E-state index is 12.2. The zero-order chi connectivity index (χ0) is 17.4. The molecule has 1 amide bonds. The predicted octanol–water partition coefficient (Wildman–Crippen LogP) is 3.14. The van der Waals surface area contributed by atoms with Crippen LogP contribution in [0.5, 0.6) is 5.75 Å². The summed E-state index contributed by atoms with van der Waals surface area (Å²) < 4.78 is 5.26. The van der Waals surface area contributed by atoms with Crippen molar-refractivity contribution in [2.75, 3.05) is 12.4 Å². The second-order valence-corrected chi connectivity index (χ2v) is 5.13. The number of hydrogen-bond donors (Lipinski definition) is 2. The van der Waals surface area contributed by atoms with Crippen LogP contribution in [0.25, 0.3) is 0 Å². The van der Waals surface area contributed by atoms with Crippen molar-refractivity contribution in [2.24, 2.45) is 0 Å². The molecule has 0 saturated carbocycles. The van der Waals surface area contributed by atoms with E-state index >= 15 is 0 Å². The van der Waals surface area contributed by atoms with Crippen LogP contribution >= 0.6 is 0 Å². The molecule has 2 aromatic carbocycles. The van der Waals surface area contributed by atoms with E-state index < -0.39 is 5.91 Å². The number of nitrogens with zero attached hydrogens (tertiary/aromatic N) is 1. The van der Waals surface area contributed by atoms with Gasteiger partial charge in [-0.05, 0) is 24.6 Å². The summed E-state index contributed by atoms with van der Waals surface area (Å²) in [4.78, 5) is 12.2. The zero-order valence-electron chi connectivity index (χ0n) is 13.7. The molecule has 0 unspecified atom stereocenters. The molecule has 0 saturated heterocycles. The summed E-state index contributed by atoms with van der Waals surface area (Å²) in [6.07, 6.45) is 1.42. The first-order valence-electron chi connectivity index (χ1n) is 7.48. The first-order valence-corrected chi connectivity index (χ1v) is 7.48. The first-order chi connectivity index (χ1) is 11.7. The van der Waals surface area contributed by atoms with Gasteiger partial charge >= 0.3 is 0 Å². The van der Waals surface area contributed by atoms with Crippen LogP contribution < -0.4 is 15.4 Å². The summed E-state index contributed by atoms with van der Waals surface area (Å²) in [5.41, 5.74) is 2.57. The van der Waals surface area contributed by atoms with Gasteiger partial charge in [-0.25, -0.2) is 0 Å². The third kappa shape index (κ3) is 4.37. The number of carbonyl (C=O) groups excluding carboxylic acids is 1. The highest BCUT2D eigenvalue weighted by Crippen LogP contribution is 2.17. The van der Waals surface area contributed by atoms with E-state index in [0.717, 1.165) is 16.9 Å². The van der Waals surface area contributed by atoms with Crippen LogP contribution in [0.4, 0.5) is 5.69 Å². The lowest BCUT2D eigenvalue weighted by Gasteiger charge is -2.09. The highest BCUT2D eigenvalue weighted by Gasteiger charge is 2.10. The number of nitrogens with one attached hydrogen (secondary N) is 2. The SMILES string of the molecule is COc1ccccc1CN/C=C(/C#N)C(=O)Nc1ccccc1C. The molecule has 0 heterocycles. The molecule has 0 aromatic heterocycles. The molecule has 24 heavy (non-hydrogen) atoms. The van der Waals surface area contributed by atoms with Gasteiger partial charge in [-0.3, -0.25) is 4.79 Å². The number of para-hydroxylation sites is 2. The van der Waals surface area contributed by atoms with Gasteiger partial charge in [0.2, 0.25) is 0 Å². The summed E-state index contributed by atoms with van der Waals surface area (Å²) in [6.45, 7) is 2.35. The van der Waals surface area contributed by atoms with Crippen LogP contribution in [-0.2, 0) is 11.3 Å². The number of aryl methyl sites for hydroxylation is 1. The normalized spacial score (nSPS) is 10.6. The van der Waals surface area contributed by atoms with Crippen molar-refractivity contribution in [3.8, 4) is 11.8 Å². The van der Waals surface area contributed by atoms with Crippen molar-refractivity contribution < 1.29 is 9.53 Å². The van der Waals surface area contributed by atoms with Crippen LogP contribution in [0.15, 0.2) is 60.3 Å². The monoisotopic (exact) mass is 321 g/mol. The molecular formula is C19H19N3O2. The van der Waals surface area contributed by atoms with E-state index in [1.165, 1.54) is 6.20 Å². The maximum Gasteiger partial charge on any atom is 0.267 e. The van der Waals surface area contributed by atoms with Gasteiger partial charge in [0, 0.05) is 24.0 Å². The van der Waals surface area contributed by atoms with Gasteiger partial charge in [0.05, 0.1) is 7.11 Å². The Kier molecular flexibility index (Phi) is 5.98. The van der Waals surface area contributed by atoms with Crippen LogP contribution in [-0.4, -0.2) is 13.0 Å². The second kappa shape index (κ2) is 8.39. The number of nitriles is 1. The second-order valence-electron chi connectivity index (χ2n) is 5.13. The number of methoxy groups -OCH3 is 1. The largest absolute Gasteiger partial charge is 0.496 e. The van der Waals surface area contributed by atoms with E-state index in [1.54, 1.807) is 13.2 Å². The Hall–Kier alpha value is -3.26. The van der Waals surface area contributed by atoms with Gasteiger partial charge in [-0.15, -0.1) is 0 Å². The molecule has 2 N–H and O–H groups in total. The molecule has 122 valence electrons. The van der Waals surface area contributed by atoms with Crippen molar-refractivity contribution in [1.82, 2.24) is 5.32 Å². The number of ether oxygens (including phenoxy) is 1. The van der Waals surface area contributed by atoms with E-state index in [2.05, 4.69) is 10.6 Å². The van der Waals surface area contributed by atoms with Crippen molar-refractivity contribution in [3.63, 3.8) is 0 Å². The molecule has 5 nitrogen and oxygen atoms in total. The molecule has 0 aliphatic rings. The fourth-order valence-corrected chi connectivity index (χ4v) is 2.16. The summed E-state index contributed by atoms with van der Waals surface area (Å²) >= 11 is 0. The standard InChI is InChI=1S/C19H19N3O2/c1-14-7-3-5-9-17(14)22-19(23)16(11-20)13-21-12-15-8-4-6-10-18(15)24-2/h3-10,13,21H,12H2,1-2H3,(H,22,23)/b16-13-. The number of benzene rings is 2. The summed E-state index contributed by atoms with van der Waals surface area (Å²) in [6, 6.07) is 16.9. The number of hydrogen-bond acceptors (Lipinski definition) is 4. The van der Waals surface area contributed by atoms with Gasteiger partial charge in [-0.2, -0.15) is 5.26 Å². The molecule has 2 aromatic rings. The number of anilines is 1. The Balaban J connectivity index is 2.03. The summed E-state index contributed by atoms with van der Waals surface area (Å²) in [5, 5.41) is 14.9. The Labute approximate surface area is 141 Å². The smallest absolute Gasteiger partial charge is 0.267 e. The fraction of sp³-hybridized carbons (Fsp3) is 0.158. The Morgan fingerprint density at radius 2 is 1.92 bits per heavy atom. The Bertz CT molecular complexity index is 791. The lowest BCUT2D eigenvalue weighted by molar-refractivity contribution is -0.112. The molecule has 2 rings (SSSR count). The van der Waals surface area contributed by atoms with Crippen LogP contribution in [0.3, 0.4) is 0 Å². The van der Waals surface area contributed by atoms with E-state index in [1.807, 2.05) is 55.5 Å². The molecule has 0 aliphatic carbocycles. The minimum absolute atomic E-state index is 0.00755. The Morgan fingerprint density at radius 1 is 1.21 bits per heavy atom. The van der Waals surface area contributed by atoms with E-state index in [4.69, 9.17) is 4.74 Å². The highest BCUT2D eigenvalue weighted by molar-refractivity contribution is 6.06. The third-order valence-electron chi connectivity index (χ3n) is 3.49. The summed E-state index contributed by atoms with van der Waals surface area (Å²) in [5.74, 6) is 0.306.